The molecule has 1 aromatic carbocycles. The number of imidazole rings is 1. The van der Waals surface area contributed by atoms with E-state index in [1.807, 2.05) is 7.05 Å². The average Bonchev–Trinajstić information content (AvgIpc) is 2.61. The standard InChI is InChI=1S/C12H14BrN3/c1-8-3-5-9(6-4-8)11-12(13)16-10(15-11)7-14-2/h3-6,14H,7H2,1-2H3,(H,15,16). The highest BCUT2D eigenvalue weighted by Gasteiger charge is 2.09. The molecular formula is C12H14BrN3. The van der Waals surface area contributed by atoms with Crippen molar-refractivity contribution in [3.05, 3.63) is 40.3 Å². The van der Waals surface area contributed by atoms with E-state index >= 15 is 0 Å². The summed E-state index contributed by atoms with van der Waals surface area (Å²) < 4.78 is 0.932. The van der Waals surface area contributed by atoms with Crippen LogP contribution in [-0.4, -0.2) is 17.0 Å². The topological polar surface area (TPSA) is 40.7 Å². The summed E-state index contributed by atoms with van der Waals surface area (Å²) in [5.74, 6) is 0.935. The maximum Gasteiger partial charge on any atom is 0.121 e. The Balaban J connectivity index is 2.36. The molecule has 1 heterocycles. The third-order valence-electron chi connectivity index (χ3n) is 2.38. The van der Waals surface area contributed by atoms with E-state index in [9.17, 15) is 0 Å². The van der Waals surface area contributed by atoms with Crippen LogP contribution in [0, 0.1) is 6.92 Å². The van der Waals surface area contributed by atoms with Gasteiger partial charge in [0.15, 0.2) is 0 Å². The molecule has 4 heteroatoms. The molecule has 84 valence electrons. The molecule has 0 aliphatic heterocycles. The molecule has 0 saturated carbocycles. The van der Waals surface area contributed by atoms with Crippen LogP contribution in [0.5, 0.6) is 0 Å². The van der Waals surface area contributed by atoms with Gasteiger partial charge in [0.25, 0.3) is 0 Å². The van der Waals surface area contributed by atoms with E-state index in [2.05, 4.69) is 62.4 Å². The van der Waals surface area contributed by atoms with E-state index in [1.54, 1.807) is 0 Å². The van der Waals surface area contributed by atoms with E-state index in [-0.39, 0.29) is 0 Å². The van der Waals surface area contributed by atoms with Crippen LogP contribution in [0.15, 0.2) is 28.9 Å². The molecule has 0 spiro atoms. The van der Waals surface area contributed by atoms with Gasteiger partial charge in [-0.3, -0.25) is 0 Å². The Bertz CT molecular complexity index is 474. The van der Waals surface area contributed by atoms with Crippen molar-refractivity contribution in [1.29, 1.82) is 0 Å². The molecule has 0 unspecified atom stereocenters. The molecule has 0 bridgehead atoms. The summed E-state index contributed by atoms with van der Waals surface area (Å²) >= 11 is 3.50. The van der Waals surface area contributed by atoms with Crippen molar-refractivity contribution in [2.45, 2.75) is 13.5 Å². The van der Waals surface area contributed by atoms with Crippen LogP contribution < -0.4 is 5.32 Å². The number of aromatic nitrogens is 2. The smallest absolute Gasteiger partial charge is 0.121 e. The van der Waals surface area contributed by atoms with Gasteiger partial charge in [0, 0.05) is 5.56 Å². The van der Waals surface area contributed by atoms with Gasteiger partial charge in [-0.05, 0) is 29.9 Å². The van der Waals surface area contributed by atoms with Gasteiger partial charge in [-0.2, -0.15) is 0 Å². The van der Waals surface area contributed by atoms with Crippen LogP contribution >= 0.6 is 15.9 Å². The molecule has 0 amide bonds. The first-order valence-electron chi connectivity index (χ1n) is 5.16. The van der Waals surface area contributed by atoms with Gasteiger partial charge in [-0.15, -0.1) is 0 Å². The number of aromatic amines is 1. The van der Waals surface area contributed by atoms with E-state index in [0.29, 0.717) is 0 Å². The molecule has 0 radical (unpaired) electrons. The molecule has 16 heavy (non-hydrogen) atoms. The predicted molar refractivity (Wildman–Crippen MR) is 69.2 cm³/mol. The zero-order valence-corrected chi connectivity index (χ0v) is 10.9. The third kappa shape index (κ3) is 2.33. The Morgan fingerprint density at radius 2 is 2.00 bits per heavy atom. The van der Waals surface area contributed by atoms with Gasteiger partial charge in [0.1, 0.15) is 16.1 Å². The molecule has 3 nitrogen and oxygen atoms in total. The van der Waals surface area contributed by atoms with E-state index in [0.717, 1.165) is 28.2 Å². The Labute approximate surface area is 103 Å². The zero-order chi connectivity index (χ0) is 11.5. The molecule has 2 N–H and O–H groups in total. The number of nitrogens with one attached hydrogen (secondary N) is 2. The molecule has 0 aliphatic rings. The first-order chi connectivity index (χ1) is 7.70. The Morgan fingerprint density at radius 1 is 1.31 bits per heavy atom. The van der Waals surface area contributed by atoms with Crippen LogP contribution in [0.2, 0.25) is 0 Å². The summed E-state index contributed by atoms with van der Waals surface area (Å²) in [4.78, 5) is 7.74. The van der Waals surface area contributed by atoms with E-state index in [4.69, 9.17) is 0 Å². The molecule has 0 fully saturated rings. The highest BCUT2D eigenvalue weighted by atomic mass is 79.9. The minimum Gasteiger partial charge on any atom is -0.335 e. The van der Waals surface area contributed by atoms with Crippen LogP contribution in [0.4, 0.5) is 0 Å². The van der Waals surface area contributed by atoms with Crippen molar-refractivity contribution in [3.8, 4) is 11.3 Å². The number of nitrogens with zero attached hydrogens (tertiary/aromatic N) is 1. The van der Waals surface area contributed by atoms with Gasteiger partial charge >= 0.3 is 0 Å². The van der Waals surface area contributed by atoms with E-state index < -0.39 is 0 Å². The van der Waals surface area contributed by atoms with Gasteiger partial charge < -0.3 is 10.3 Å². The van der Waals surface area contributed by atoms with E-state index in [1.165, 1.54) is 5.56 Å². The van der Waals surface area contributed by atoms with Crippen molar-refractivity contribution < 1.29 is 0 Å². The quantitative estimate of drug-likeness (QED) is 0.907. The summed E-state index contributed by atoms with van der Waals surface area (Å²) in [6.07, 6.45) is 0. The number of halogens is 1. The summed E-state index contributed by atoms with van der Waals surface area (Å²) in [5, 5.41) is 3.07. The summed E-state index contributed by atoms with van der Waals surface area (Å²) in [6, 6.07) is 8.35. The van der Waals surface area contributed by atoms with Crippen molar-refractivity contribution in [2.24, 2.45) is 0 Å². The first kappa shape index (κ1) is 11.4. The lowest BCUT2D eigenvalue weighted by Gasteiger charge is -1.98. The zero-order valence-electron chi connectivity index (χ0n) is 9.34. The molecular weight excluding hydrogens is 266 g/mol. The molecule has 2 aromatic rings. The summed E-state index contributed by atoms with van der Waals surface area (Å²) in [5.41, 5.74) is 3.34. The number of H-pyrrole nitrogens is 1. The molecule has 1 aromatic heterocycles. The second-order valence-corrected chi connectivity index (χ2v) is 4.54. The second-order valence-electron chi connectivity index (χ2n) is 3.74. The van der Waals surface area contributed by atoms with Crippen LogP contribution in [0.1, 0.15) is 11.4 Å². The van der Waals surface area contributed by atoms with Crippen molar-refractivity contribution in [2.75, 3.05) is 7.05 Å². The van der Waals surface area contributed by atoms with Crippen molar-refractivity contribution in [3.63, 3.8) is 0 Å². The maximum atomic E-state index is 4.53. The number of benzene rings is 1. The first-order valence-corrected chi connectivity index (χ1v) is 5.96. The fourth-order valence-electron chi connectivity index (χ4n) is 1.55. The van der Waals surface area contributed by atoms with Crippen LogP contribution in [-0.2, 0) is 6.54 Å². The maximum absolute atomic E-state index is 4.53. The largest absolute Gasteiger partial charge is 0.335 e. The van der Waals surface area contributed by atoms with Gasteiger partial charge in [-0.25, -0.2) is 4.98 Å². The number of rotatable bonds is 3. The lowest BCUT2D eigenvalue weighted by Crippen LogP contribution is -2.06. The Hall–Kier alpha value is -1.13. The van der Waals surface area contributed by atoms with Crippen LogP contribution in [0.3, 0.4) is 0 Å². The second kappa shape index (κ2) is 4.80. The SMILES string of the molecule is CNCc1nc(-c2ccc(C)cc2)c(Br)[nH]1. The highest BCUT2D eigenvalue weighted by Crippen LogP contribution is 2.25. The minimum absolute atomic E-state index is 0.741. The fourth-order valence-corrected chi connectivity index (χ4v) is 2.10. The minimum atomic E-state index is 0.741. The lowest BCUT2D eigenvalue weighted by molar-refractivity contribution is 0.771. The average molecular weight is 280 g/mol. The van der Waals surface area contributed by atoms with Crippen LogP contribution in [0.25, 0.3) is 11.3 Å². The van der Waals surface area contributed by atoms with Gasteiger partial charge in [0.05, 0.1) is 6.54 Å². The predicted octanol–water partition coefficient (Wildman–Crippen LogP) is 2.87. The lowest BCUT2D eigenvalue weighted by atomic mass is 10.1. The third-order valence-corrected chi connectivity index (χ3v) is 2.95. The Kier molecular flexibility index (Phi) is 3.41. The molecule has 2 rings (SSSR count). The van der Waals surface area contributed by atoms with Gasteiger partial charge in [0.2, 0.25) is 0 Å². The highest BCUT2D eigenvalue weighted by molar-refractivity contribution is 9.10. The number of hydrogen-bond donors (Lipinski definition) is 2. The Morgan fingerprint density at radius 3 is 2.62 bits per heavy atom. The summed E-state index contributed by atoms with van der Waals surface area (Å²) in [6.45, 7) is 2.82. The number of hydrogen-bond acceptors (Lipinski definition) is 2. The monoisotopic (exact) mass is 279 g/mol. The fraction of sp³-hybridized carbons (Fsp3) is 0.250. The molecule has 0 aliphatic carbocycles. The van der Waals surface area contributed by atoms with Gasteiger partial charge in [-0.1, -0.05) is 29.8 Å². The summed E-state index contributed by atoms with van der Waals surface area (Å²) in [7, 11) is 1.90. The molecule has 0 saturated heterocycles. The number of aryl methyl sites for hydroxylation is 1. The van der Waals surface area contributed by atoms with Crippen molar-refractivity contribution in [1.82, 2.24) is 15.3 Å². The van der Waals surface area contributed by atoms with Crippen molar-refractivity contribution >= 4 is 15.9 Å². The molecule has 0 atom stereocenters. The normalized spacial score (nSPS) is 10.7.